The lowest BCUT2D eigenvalue weighted by Gasteiger charge is -2.07. The van der Waals surface area contributed by atoms with Crippen LogP contribution in [0.5, 0.6) is 0 Å². The highest BCUT2D eigenvalue weighted by molar-refractivity contribution is 9.10. The minimum Gasteiger partial charge on any atom is -0.399 e. The minimum absolute atomic E-state index is 0.561. The van der Waals surface area contributed by atoms with Crippen LogP contribution in [0.4, 0.5) is 5.69 Å². The highest BCUT2D eigenvalue weighted by atomic mass is 79.9. The monoisotopic (exact) mass is 349 g/mol. The van der Waals surface area contributed by atoms with Crippen LogP contribution >= 0.6 is 27.5 Å². The molecule has 0 saturated carbocycles. The van der Waals surface area contributed by atoms with Crippen molar-refractivity contribution in [1.82, 2.24) is 20.2 Å². The van der Waals surface area contributed by atoms with E-state index < -0.39 is 0 Å². The number of anilines is 1. The van der Waals surface area contributed by atoms with Crippen LogP contribution in [-0.4, -0.2) is 20.2 Å². The molecular weight excluding hydrogens is 342 g/mol. The molecule has 2 N–H and O–H groups in total. The average Bonchev–Trinajstić information content (AvgIpc) is 2.90. The molecule has 0 spiro atoms. The maximum atomic E-state index is 6.22. The van der Waals surface area contributed by atoms with Gasteiger partial charge in [0.1, 0.15) is 0 Å². The summed E-state index contributed by atoms with van der Waals surface area (Å²) in [4.78, 5) is 0. The zero-order valence-corrected chi connectivity index (χ0v) is 12.5. The Morgan fingerprint density at radius 1 is 1.15 bits per heavy atom. The van der Waals surface area contributed by atoms with Crippen molar-refractivity contribution in [2.45, 2.75) is 0 Å². The SMILES string of the molecule is Nc1cccc(-c2nnnn2-c2cc(Br)ccc2Cl)c1. The highest BCUT2D eigenvalue weighted by Crippen LogP contribution is 2.27. The molecule has 1 aromatic heterocycles. The standard InChI is InChI=1S/C13H9BrClN5/c14-9-4-5-11(15)12(7-9)20-13(17-18-19-20)8-2-1-3-10(16)6-8/h1-7H,16H2. The predicted octanol–water partition coefficient (Wildman–Crippen LogP) is 3.33. The summed E-state index contributed by atoms with van der Waals surface area (Å²) in [5.41, 5.74) is 7.97. The zero-order chi connectivity index (χ0) is 14.1. The average molecular weight is 351 g/mol. The molecule has 0 radical (unpaired) electrons. The van der Waals surface area contributed by atoms with E-state index in [1.807, 2.05) is 36.4 Å². The number of nitrogen functional groups attached to an aromatic ring is 1. The Labute approximate surface area is 128 Å². The second kappa shape index (κ2) is 5.22. The summed E-state index contributed by atoms with van der Waals surface area (Å²) in [6.45, 7) is 0. The number of nitrogens with zero attached hydrogens (tertiary/aromatic N) is 4. The first kappa shape index (κ1) is 13.1. The van der Waals surface area contributed by atoms with Crippen molar-refractivity contribution in [1.29, 1.82) is 0 Å². The van der Waals surface area contributed by atoms with E-state index in [4.69, 9.17) is 17.3 Å². The molecule has 2 aromatic carbocycles. The third-order valence-corrected chi connectivity index (χ3v) is 3.56. The normalized spacial score (nSPS) is 10.7. The topological polar surface area (TPSA) is 69.6 Å². The lowest BCUT2D eigenvalue weighted by molar-refractivity contribution is 0.791. The van der Waals surface area contributed by atoms with Crippen LogP contribution in [0.1, 0.15) is 0 Å². The minimum atomic E-state index is 0.561. The van der Waals surface area contributed by atoms with Gasteiger partial charge >= 0.3 is 0 Å². The number of benzene rings is 2. The van der Waals surface area contributed by atoms with Crippen molar-refractivity contribution >= 4 is 33.2 Å². The molecule has 3 aromatic rings. The van der Waals surface area contributed by atoms with Crippen LogP contribution < -0.4 is 5.73 Å². The molecule has 0 fully saturated rings. The lowest BCUT2D eigenvalue weighted by Crippen LogP contribution is -2.01. The van der Waals surface area contributed by atoms with Gasteiger partial charge in [0.05, 0.1) is 10.7 Å². The van der Waals surface area contributed by atoms with E-state index in [2.05, 4.69) is 31.5 Å². The van der Waals surface area contributed by atoms with E-state index in [1.165, 1.54) is 0 Å². The fourth-order valence-electron chi connectivity index (χ4n) is 1.86. The van der Waals surface area contributed by atoms with Crippen LogP contribution in [0.15, 0.2) is 46.9 Å². The first-order valence-corrected chi connectivity index (χ1v) is 6.92. The molecule has 100 valence electrons. The van der Waals surface area contributed by atoms with Gasteiger partial charge in [-0.25, -0.2) is 0 Å². The van der Waals surface area contributed by atoms with Crippen molar-refractivity contribution in [2.24, 2.45) is 0 Å². The smallest absolute Gasteiger partial charge is 0.187 e. The number of aromatic nitrogens is 4. The van der Waals surface area contributed by atoms with Gasteiger partial charge in [-0.1, -0.05) is 39.7 Å². The quantitative estimate of drug-likeness (QED) is 0.720. The second-order valence-corrected chi connectivity index (χ2v) is 5.46. The predicted molar refractivity (Wildman–Crippen MR) is 81.7 cm³/mol. The van der Waals surface area contributed by atoms with Gasteiger partial charge in [0.25, 0.3) is 0 Å². The van der Waals surface area contributed by atoms with Crippen LogP contribution in [0.25, 0.3) is 17.1 Å². The van der Waals surface area contributed by atoms with Gasteiger partial charge in [0, 0.05) is 15.7 Å². The second-order valence-electron chi connectivity index (χ2n) is 4.14. The summed E-state index contributed by atoms with van der Waals surface area (Å²) in [5.74, 6) is 0.581. The number of hydrogen-bond donors (Lipinski definition) is 1. The Hall–Kier alpha value is -1.92. The molecular formula is C13H9BrClN5. The first-order chi connectivity index (χ1) is 9.65. The fraction of sp³-hybridized carbons (Fsp3) is 0. The molecule has 0 unspecified atom stereocenters. The number of halogens is 2. The van der Waals surface area contributed by atoms with Gasteiger partial charge in [-0.2, -0.15) is 4.68 Å². The molecule has 1 heterocycles. The van der Waals surface area contributed by atoms with E-state index in [0.29, 0.717) is 22.2 Å². The molecule has 0 atom stereocenters. The van der Waals surface area contributed by atoms with Crippen molar-refractivity contribution in [3.05, 3.63) is 52.0 Å². The van der Waals surface area contributed by atoms with E-state index in [-0.39, 0.29) is 0 Å². The van der Waals surface area contributed by atoms with Gasteiger partial charge in [0.15, 0.2) is 5.82 Å². The summed E-state index contributed by atoms with van der Waals surface area (Å²) in [6, 6.07) is 12.9. The summed E-state index contributed by atoms with van der Waals surface area (Å²) in [5, 5.41) is 12.3. The van der Waals surface area contributed by atoms with Crippen molar-refractivity contribution in [2.75, 3.05) is 5.73 Å². The first-order valence-electron chi connectivity index (χ1n) is 5.75. The Kier molecular flexibility index (Phi) is 3.42. The van der Waals surface area contributed by atoms with Gasteiger partial charge in [-0.05, 0) is 40.8 Å². The van der Waals surface area contributed by atoms with Gasteiger partial charge in [-0.3, -0.25) is 0 Å². The van der Waals surface area contributed by atoms with Crippen LogP contribution in [0, 0.1) is 0 Å². The Balaban J connectivity index is 2.18. The van der Waals surface area contributed by atoms with E-state index in [9.17, 15) is 0 Å². The molecule has 0 aliphatic rings. The van der Waals surface area contributed by atoms with Gasteiger partial charge in [-0.15, -0.1) is 5.10 Å². The maximum Gasteiger partial charge on any atom is 0.187 e. The molecule has 0 amide bonds. The molecule has 5 nitrogen and oxygen atoms in total. The number of rotatable bonds is 2. The number of hydrogen-bond acceptors (Lipinski definition) is 4. The Morgan fingerprint density at radius 3 is 2.80 bits per heavy atom. The van der Waals surface area contributed by atoms with E-state index in [1.54, 1.807) is 10.7 Å². The molecule has 0 aliphatic carbocycles. The fourth-order valence-corrected chi connectivity index (χ4v) is 2.40. The molecule has 0 bridgehead atoms. The lowest BCUT2D eigenvalue weighted by atomic mass is 10.2. The van der Waals surface area contributed by atoms with E-state index in [0.717, 1.165) is 10.0 Å². The van der Waals surface area contributed by atoms with Crippen LogP contribution in [0.2, 0.25) is 5.02 Å². The van der Waals surface area contributed by atoms with Crippen LogP contribution in [0.3, 0.4) is 0 Å². The maximum absolute atomic E-state index is 6.22. The number of nitrogens with two attached hydrogens (primary N) is 1. The molecule has 0 saturated heterocycles. The third kappa shape index (κ3) is 2.39. The Bertz CT molecular complexity index is 771. The van der Waals surface area contributed by atoms with Gasteiger partial charge in [0.2, 0.25) is 0 Å². The molecule has 20 heavy (non-hydrogen) atoms. The van der Waals surface area contributed by atoms with Crippen molar-refractivity contribution < 1.29 is 0 Å². The van der Waals surface area contributed by atoms with Crippen molar-refractivity contribution in [3.8, 4) is 17.1 Å². The third-order valence-electron chi connectivity index (χ3n) is 2.75. The van der Waals surface area contributed by atoms with Gasteiger partial charge < -0.3 is 5.73 Å². The Morgan fingerprint density at radius 2 is 2.00 bits per heavy atom. The number of tetrazole rings is 1. The molecule has 0 aliphatic heterocycles. The summed E-state index contributed by atoms with van der Waals surface area (Å²) < 4.78 is 2.48. The molecule has 7 heteroatoms. The highest BCUT2D eigenvalue weighted by Gasteiger charge is 2.13. The largest absolute Gasteiger partial charge is 0.399 e. The molecule has 3 rings (SSSR count). The van der Waals surface area contributed by atoms with Crippen molar-refractivity contribution in [3.63, 3.8) is 0 Å². The zero-order valence-electron chi connectivity index (χ0n) is 10.2. The summed E-state index contributed by atoms with van der Waals surface area (Å²) in [7, 11) is 0. The summed E-state index contributed by atoms with van der Waals surface area (Å²) in [6.07, 6.45) is 0. The van der Waals surface area contributed by atoms with E-state index >= 15 is 0 Å². The van der Waals surface area contributed by atoms with Crippen LogP contribution in [-0.2, 0) is 0 Å². The summed E-state index contributed by atoms with van der Waals surface area (Å²) >= 11 is 9.63.